The average Bonchev–Trinajstić information content (AvgIpc) is 2.94. The van der Waals surface area contributed by atoms with Gasteiger partial charge < -0.3 is 9.64 Å². The summed E-state index contributed by atoms with van der Waals surface area (Å²) in [6.07, 6.45) is 3.11. The first-order valence-corrected chi connectivity index (χ1v) is 9.50. The molecule has 1 aliphatic heterocycles. The van der Waals surface area contributed by atoms with Gasteiger partial charge in [0.05, 0.1) is 17.1 Å². The maximum absolute atomic E-state index is 12.6. The van der Waals surface area contributed by atoms with Gasteiger partial charge in [-0.15, -0.1) is 0 Å². The van der Waals surface area contributed by atoms with Crippen LogP contribution < -0.4 is 0 Å². The number of carbonyl (C=O) groups is 2. The van der Waals surface area contributed by atoms with Gasteiger partial charge in [0.25, 0.3) is 5.91 Å². The van der Waals surface area contributed by atoms with Gasteiger partial charge >= 0.3 is 5.97 Å². The summed E-state index contributed by atoms with van der Waals surface area (Å²) in [4.78, 5) is 27.1. The fraction of sp³-hybridized carbons (Fsp3) is 0.476. The number of nitrogens with zero attached hydrogens (tertiary/aromatic N) is 3. The number of amides is 1. The van der Waals surface area contributed by atoms with Crippen molar-refractivity contribution in [2.24, 2.45) is 0 Å². The second-order valence-corrected chi connectivity index (χ2v) is 7.30. The largest absolute Gasteiger partial charge is 0.452 e. The van der Waals surface area contributed by atoms with E-state index in [1.807, 2.05) is 56.0 Å². The molecule has 1 amide bonds. The molecule has 0 aliphatic carbocycles. The Balaban J connectivity index is 1.72. The number of esters is 1. The number of aromatic nitrogens is 2. The zero-order valence-electron chi connectivity index (χ0n) is 16.4. The Labute approximate surface area is 160 Å². The molecule has 144 valence electrons. The van der Waals surface area contributed by atoms with E-state index in [9.17, 15) is 9.59 Å². The summed E-state index contributed by atoms with van der Waals surface area (Å²) < 4.78 is 7.09. The first kappa shape index (κ1) is 19.1. The lowest BCUT2D eigenvalue weighted by Crippen LogP contribution is -2.49. The minimum atomic E-state index is -0.502. The normalized spacial score (nSPS) is 19.8. The molecule has 1 saturated heterocycles. The SMILES string of the molecule is Cc1nn(-c2ccccc2)c(C)c1C(=O)OCC(=O)N1[C@H](C)CCC[C@H]1C. The van der Waals surface area contributed by atoms with E-state index in [2.05, 4.69) is 5.10 Å². The lowest BCUT2D eigenvalue weighted by Gasteiger charge is -2.38. The second kappa shape index (κ2) is 7.94. The van der Waals surface area contributed by atoms with Gasteiger partial charge in [0, 0.05) is 12.1 Å². The van der Waals surface area contributed by atoms with Crippen LogP contribution >= 0.6 is 0 Å². The lowest BCUT2D eigenvalue weighted by atomic mass is 9.97. The van der Waals surface area contributed by atoms with Crippen LogP contribution in [0.25, 0.3) is 5.69 Å². The van der Waals surface area contributed by atoms with Gasteiger partial charge in [-0.05, 0) is 59.1 Å². The Morgan fingerprint density at radius 1 is 1.11 bits per heavy atom. The summed E-state index contributed by atoms with van der Waals surface area (Å²) in [5, 5.41) is 4.46. The maximum atomic E-state index is 12.6. The fourth-order valence-corrected chi connectivity index (χ4v) is 3.95. The molecule has 0 N–H and O–H groups in total. The van der Waals surface area contributed by atoms with E-state index in [-0.39, 0.29) is 24.6 Å². The van der Waals surface area contributed by atoms with Gasteiger partial charge in [-0.25, -0.2) is 9.48 Å². The lowest BCUT2D eigenvalue weighted by molar-refractivity contribution is -0.140. The van der Waals surface area contributed by atoms with Crippen molar-refractivity contribution in [3.63, 3.8) is 0 Å². The van der Waals surface area contributed by atoms with Gasteiger partial charge in [0.2, 0.25) is 0 Å². The standard InChI is InChI=1S/C21H27N3O3/c1-14-9-8-10-15(2)23(14)19(25)13-27-21(26)20-16(3)22-24(17(20)4)18-11-6-5-7-12-18/h5-7,11-12,14-15H,8-10,13H2,1-4H3/t14-,15-/m1/s1. The van der Waals surface area contributed by atoms with E-state index in [0.29, 0.717) is 17.0 Å². The van der Waals surface area contributed by atoms with Crippen LogP contribution in [0.3, 0.4) is 0 Å². The molecule has 1 aromatic carbocycles. The maximum Gasteiger partial charge on any atom is 0.342 e. The van der Waals surface area contributed by atoms with Crippen molar-refractivity contribution in [1.29, 1.82) is 0 Å². The highest BCUT2D eigenvalue weighted by molar-refractivity contribution is 5.93. The molecule has 0 unspecified atom stereocenters. The number of likely N-dealkylation sites (tertiary alicyclic amines) is 1. The van der Waals surface area contributed by atoms with E-state index in [1.54, 1.807) is 11.6 Å². The van der Waals surface area contributed by atoms with Crippen molar-refractivity contribution in [3.05, 3.63) is 47.3 Å². The molecule has 0 spiro atoms. The molecule has 0 saturated carbocycles. The molecule has 3 rings (SSSR count). The van der Waals surface area contributed by atoms with Gasteiger partial charge in [-0.2, -0.15) is 5.10 Å². The quantitative estimate of drug-likeness (QED) is 0.775. The van der Waals surface area contributed by atoms with Crippen LogP contribution in [-0.2, 0) is 9.53 Å². The average molecular weight is 369 g/mol. The first-order chi connectivity index (χ1) is 12.9. The van der Waals surface area contributed by atoms with Gasteiger partial charge in [-0.3, -0.25) is 4.79 Å². The summed E-state index contributed by atoms with van der Waals surface area (Å²) in [6.45, 7) is 7.48. The third-order valence-corrected chi connectivity index (χ3v) is 5.30. The number of aryl methyl sites for hydroxylation is 1. The zero-order chi connectivity index (χ0) is 19.6. The van der Waals surface area contributed by atoms with Crippen LogP contribution in [0, 0.1) is 13.8 Å². The predicted molar refractivity (Wildman–Crippen MR) is 103 cm³/mol. The Hall–Kier alpha value is -2.63. The summed E-state index contributed by atoms with van der Waals surface area (Å²) >= 11 is 0. The molecule has 2 heterocycles. The molecule has 27 heavy (non-hydrogen) atoms. The number of carbonyl (C=O) groups excluding carboxylic acids is 2. The minimum Gasteiger partial charge on any atom is -0.452 e. The van der Waals surface area contributed by atoms with Crippen molar-refractivity contribution in [2.45, 2.75) is 59.0 Å². The summed E-state index contributed by atoms with van der Waals surface area (Å²) in [5.74, 6) is -0.633. The first-order valence-electron chi connectivity index (χ1n) is 9.50. The molecule has 2 aromatic rings. The number of piperidine rings is 1. The van der Waals surface area contributed by atoms with Crippen molar-refractivity contribution < 1.29 is 14.3 Å². The summed E-state index contributed by atoms with van der Waals surface area (Å²) in [6, 6.07) is 9.99. The highest BCUT2D eigenvalue weighted by atomic mass is 16.5. The van der Waals surface area contributed by atoms with E-state index >= 15 is 0 Å². The molecule has 6 nitrogen and oxygen atoms in total. The third-order valence-electron chi connectivity index (χ3n) is 5.30. The van der Waals surface area contributed by atoms with Gasteiger partial charge in [0.15, 0.2) is 6.61 Å². The molecule has 1 aromatic heterocycles. The molecule has 0 radical (unpaired) electrons. The molecule has 2 atom stereocenters. The minimum absolute atomic E-state index is 0.131. The molecule has 1 fully saturated rings. The van der Waals surface area contributed by atoms with Crippen molar-refractivity contribution in [3.8, 4) is 5.69 Å². The highest BCUT2D eigenvalue weighted by Gasteiger charge is 2.30. The molecular weight excluding hydrogens is 342 g/mol. The smallest absolute Gasteiger partial charge is 0.342 e. The molecule has 0 bridgehead atoms. The van der Waals surface area contributed by atoms with Crippen LogP contribution in [-0.4, -0.2) is 45.2 Å². The molecular formula is C21H27N3O3. The van der Waals surface area contributed by atoms with Crippen LogP contribution in [0.4, 0.5) is 0 Å². The van der Waals surface area contributed by atoms with Gasteiger partial charge in [-0.1, -0.05) is 18.2 Å². The van der Waals surface area contributed by atoms with Crippen LogP contribution in [0.2, 0.25) is 0 Å². The Bertz CT molecular complexity index is 819. The number of para-hydroxylation sites is 1. The van der Waals surface area contributed by atoms with Crippen LogP contribution in [0.5, 0.6) is 0 Å². The van der Waals surface area contributed by atoms with Crippen molar-refractivity contribution >= 4 is 11.9 Å². The molecule has 1 aliphatic rings. The topological polar surface area (TPSA) is 64.4 Å². The van der Waals surface area contributed by atoms with E-state index < -0.39 is 5.97 Å². The van der Waals surface area contributed by atoms with E-state index in [0.717, 1.165) is 24.9 Å². The Kier molecular flexibility index (Phi) is 5.63. The Morgan fingerprint density at radius 3 is 2.37 bits per heavy atom. The van der Waals surface area contributed by atoms with Crippen LogP contribution in [0.1, 0.15) is 54.9 Å². The fourth-order valence-electron chi connectivity index (χ4n) is 3.95. The number of hydrogen-bond acceptors (Lipinski definition) is 4. The van der Waals surface area contributed by atoms with E-state index in [1.165, 1.54) is 0 Å². The predicted octanol–water partition coefficient (Wildman–Crippen LogP) is 3.44. The van der Waals surface area contributed by atoms with E-state index in [4.69, 9.17) is 4.74 Å². The highest BCUT2D eigenvalue weighted by Crippen LogP contribution is 2.23. The zero-order valence-corrected chi connectivity index (χ0v) is 16.4. The number of ether oxygens (including phenoxy) is 1. The summed E-state index contributed by atoms with van der Waals surface area (Å²) in [7, 11) is 0. The van der Waals surface area contributed by atoms with Crippen LogP contribution in [0.15, 0.2) is 30.3 Å². The number of hydrogen-bond donors (Lipinski definition) is 0. The number of benzene rings is 1. The number of rotatable bonds is 4. The van der Waals surface area contributed by atoms with Crippen molar-refractivity contribution in [1.82, 2.24) is 14.7 Å². The Morgan fingerprint density at radius 2 is 1.74 bits per heavy atom. The summed E-state index contributed by atoms with van der Waals surface area (Å²) in [5.41, 5.74) is 2.60. The third kappa shape index (κ3) is 3.89. The van der Waals surface area contributed by atoms with Crippen molar-refractivity contribution in [2.75, 3.05) is 6.61 Å². The monoisotopic (exact) mass is 369 g/mol. The molecule has 6 heteroatoms. The van der Waals surface area contributed by atoms with Gasteiger partial charge in [0.1, 0.15) is 5.56 Å². The second-order valence-electron chi connectivity index (χ2n) is 7.30.